The third-order valence-corrected chi connectivity index (χ3v) is 6.28. The molecule has 1 aliphatic rings. The maximum atomic E-state index is 13.9. The van der Waals surface area contributed by atoms with Crippen molar-refractivity contribution in [2.75, 3.05) is 24.0 Å². The fourth-order valence-corrected chi connectivity index (χ4v) is 4.41. The second kappa shape index (κ2) is 9.25. The Balaban J connectivity index is 1.63. The number of hydrogen-bond donors (Lipinski definition) is 1. The number of benzene rings is 3. The van der Waals surface area contributed by atoms with Crippen molar-refractivity contribution in [3.8, 4) is 5.75 Å². The Morgan fingerprint density at radius 1 is 1.03 bits per heavy atom. The number of carbonyl (C=O) groups is 2. The molecule has 0 fully saturated rings. The lowest BCUT2D eigenvalue weighted by Gasteiger charge is -2.26. The summed E-state index contributed by atoms with van der Waals surface area (Å²) >= 11 is 0. The molecule has 0 unspecified atom stereocenters. The Morgan fingerprint density at radius 2 is 1.76 bits per heavy atom. The van der Waals surface area contributed by atoms with Crippen molar-refractivity contribution in [2.24, 2.45) is 0 Å². The van der Waals surface area contributed by atoms with Crippen molar-refractivity contribution >= 4 is 34.8 Å². The lowest BCUT2D eigenvalue weighted by Crippen LogP contribution is -2.25. The number of anilines is 4. The average molecular weight is 522 g/mol. The van der Waals surface area contributed by atoms with Crippen LogP contribution < -0.4 is 14.5 Å². The van der Waals surface area contributed by atoms with Gasteiger partial charge in [0.15, 0.2) is 5.82 Å². The Hall–Kier alpha value is -4.80. The average Bonchev–Trinajstić information content (AvgIpc) is 3.29. The summed E-state index contributed by atoms with van der Waals surface area (Å²) in [7, 11) is 3.05. The first-order valence-electron chi connectivity index (χ1n) is 11.4. The second-order valence-corrected chi connectivity index (χ2v) is 8.63. The standard InChI is InChI=1S/C27H21F3N4O4/c1-32-21-11-10-18(27(28,29)30)13-22(21)34(19-6-4-3-5-7-19)25(35)20-15-33(31-24(20)32)14-17-9-8-16(26(36)37)12-23(17)38-2/h3-13,15H,14H2,1-2H3,(H,36,37). The molecule has 1 aromatic heterocycles. The summed E-state index contributed by atoms with van der Waals surface area (Å²) in [5.41, 5.74) is 0.835. The number of carboxylic acids is 1. The largest absolute Gasteiger partial charge is 0.496 e. The van der Waals surface area contributed by atoms with E-state index in [0.29, 0.717) is 22.7 Å². The van der Waals surface area contributed by atoms with Gasteiger partial charge in [-0.3, -0.25) is 14.4 Å². The van der Waals surface area contributed by atoms with E-state index in [1.165, 1.54) is 41.1 Å². The number of aromatic nitrogens is 2. The highest BCUT2D eigenvalue weighted by Crippen LogP contribution is 2.45. The van der Waals surface area contributed by atoms with E-state index in [0.717, 1.165) is 12.1 Å². The number of amides is 1. The van der Waals surface area contributed by atoms with E-state index in [1.807, 2.05) is 0 Å². The van der Waals surface area contributed by atoms with Crippen LogP contribution >= 0.6 is 0 Å². The van der Waals surface area contributed by atoms with Crippen LogP contribution in [0.25, 0.3) is 0 Å². The molecule has 1 aliphatic heterocycles. The van der Waals surface area contributed by atoms with Gasteiger partial charge in [0.25, 0.3) is 5.91 Å². The van der Waals surface area contributed by atoms with Gasteiger partial charge < -0.3 is 14.7 Å². The van der Waals surface area contributed by atoms with Crippen LogP contribution in [0.1, 0.15) is 31.8 Å². The van der Waals surface area contributed by atoms with Crippen molar-refractivity contribution in [1.82, 2.24) is 9.78 Å². The van der Waals surface area contributed by atoms with E-state index in [1.54, 1.807) is 48.3 Å². The van der Waals surface area contributed by atoms with Gasteiger partial charge in [-0.25, -0.2) is 4.79 Å². The minimum atomic E-state index is -4.59. The summed E-state index contributed by atoms with van der Waals surface area (Å²) in [6.45, 7) is 0.155. The number of nitrogens with zero attached hydrogens (tertiary/aromatic N) is 4. The van der Waals surface area contributed by atoms with Gasteiger partial charge in [0.05, 0.1) is 36.2 Å². The van der Waals surface area contributed by atoms with E-state index >= 15 is 0 Å². The summed E-state index contributed by atoms with van der Waals surface area (Å²) < 4.78 is 47.7. The molecule has 2 heterocycles. The van der Waals surface area contributed by atoms with Crippen LogP contribution in [-0.2, 0) is 12.7 Å². The van der Waals surface area contributed by atoms with E-state index in [2.05, 4.69) is 5.10 Å². The third kappa shape index (κ3) is 4.32. The molecule has 4 aromatic rings. The number of carbonyl (C=O) groups excluding carboxylic acids is 1. The van der Waals surface area contributed by atoms with Gasteiger partial charge in [0.1, 0.15) is 11.3 Å². The minimum absolute atomic E-state index is 0.0603. The molecule has 0 spiro atoms. The quantitative estimate of drug-likeness (QED) is 0.361. The van der Waals surface area contributed by atoms with Gasteiger partial charge >= 0.3 is 12.1 Å². The lowest BCUT2D eigenvalue weighted by molar-refractivity contribution is -0.137. The number of methoxy groups -OCH3 is 1. The highest BCUT2D eigenvalue weighted by atomic mass is 19.4. The fourth-order valence-electron chi connectivity index (χ4n) is 4.41. The van der Waals surface area contributed by atoms with Crippen molar-refractivity contribution in [2.45, 2.75) is 12.7 Å². The van der Waals surface area contributed by atoms with Crippen LogP contribution in [0.3, 0.4) is 0 Å². The van der Waals surface area contributed by atoms with E-state index < -0.39 is 23.6 Å². The normalized spacial score (nSPS) is 13.1. The third-order valence-electron chi connectivity index (χ3n) is 6.28. The van der Waals surface area contributed by atoms with E-state index in [4.69, 9.17) is 4.74 Å². The zero-order chi connectivity index (χ0) is 27.2. The second-order valence-electron chi connectivity index (χ2n) is 8.63. The SMILES string of the molecule is COc1cc(C(=O)O)ccc1Cn1cc2c(n1)N(C)c1ccc(C(F)(F)F)cc1N(c1ccccc1)C2=O. The van der Waals surface area contributed by atoms with Gasteiger partial charge in [0.2, 0.25) is 0 Å². The number of halogens is 3. The predicted octanol–water partition coefficient (Wildman–Crippen LogP) is 5.72. The summed E-state index contributed by atoms with van der Waals surface area (Å²) in [4.78, 5) is 28.0. The number of para-hydroxylation sites is 1. The molecular formula is C27H21F3N4O4. The van der Waals surface area contributed by atoms with Crippen molar-refractivity contribution in [3.05, 3.63) is 95.2 Å². The van der Waals surface area contributed by atoms with Crippen LogP contribution in [0.15, 0.2) is 72.9 Å². The van der Waals surface area contributed by atoms with E-state index in [9.17, 15) is 27.9 Å². The van der Waals surface area contributed by atoms with Crippen molar-refractivity contribution in [3.63, 3.8) is 0 Å². The van der Waals surface area contributed by atoms with Gasteiger partial charge in [-0.2, -0.15) is 18.3 Å². The molecule has 0 bridgehead atoms. The van der Waals surface area contributed by atoms with Crippen LogP contribution in [0, 0.1) is 0 Å². The first kappa shape index (κ1) is 24.9. The Morgan fingerprint density at radius 3 is 2.42 bits per heavy atom. The molecule has 11 heteroatoms. The summed E-state index contributed by atoms with van der Waals surface area (Å²) in [6, 6.07) is 16.1. The number of hydrogen-bond acceptors (Lipinski definition) is 5. The van der Waals surface area contributed by atoms with Gasteiger partial charge in [0, 0.05) is 24.5 Å². The Bertz CT molecular complexity index is 1550. The van der Waals surface area contributed by atoms with Gasteiger partial charge in [-0.1, -0.05) is 24.3 Å². The molecule has 8 nitrogen and oxygen atoms in total. The van der Waals surface area contributed by atoms with Crippen LogP contribution in [0.5, 0.6) is 5.75 Å². The van der Waals surface area contributed by atoms with Gasteiger partial charge in [-0.15, -0.1) is 0 Å². The molecule has 1 N–H and O–H groups in total. The molecule has 194 valence electrons. The van der Waals surface area contributed by atoms with Gasteiger partial charge in [-0.05, 0) is 42.5 Å². The molecule has 0 radical (unpaired) electrons. The molecule has 38 heavy (non-hydrogen) atoms. The minimum Gasteiger partial charge on any atom is -0.496 e. The summed E-state index contributed by atoms with van der Waals surface area (Å²) in [5, 5.41) is 13.8. The van der Waals surface area contributed by atoms with Crippen molar-refractivity contribution in [1.29, 1.82) is 0 Å². The molecule has 0 atom stereocenters. The maximum Gasteiger partial charge on any atom is 0.416 e. The number of aromatic carboxylic acids is 1. The van der Waals surface area contributed by atoms with E-state index in [-0.39, 0.29) is 29.2 Å². The molecule has 5 rings (SSSR count). The predicted molar refractivity (Wildman–Crippen MR) is 134 cm³/mol. The highest BCUT2D eigenvalue weighted by Gasteiger charge is 2.37. The molecule has 1 amide bonds. The molecular weight excluding hydrogens is 501 g/mol. The fraction of sp³-hybridized carbons (Fsp3) is 0.148. The maximum absolute atomic E-state index is 13.9. The molecule has 0 saturated heterocycles. The topological polar surface area (TPSA) is 87.9 Å². The lowest BCUT2D eigenvalue weighted by atomic mass is 10.1. The summed E-state index contributed by atoms with van der Waals surface area (Å²) in [6.07, 6.45) is -3.07. The molecule has 0 aliphatic carbocycles. The number of fused-ring (bicyclic) bond motifs is 2. The number of rotatable bonds is 5. The highest BCUT2D eigenvalue weighted by molar-refractivity contribution is 6.17. The molecule has 0 saturated carbocycles. The van der Waals surface area contributed by atoms with Crippen molar-refractivity contribution < 1.29 is 32.6 Å². The number of carboxylic acid groups (broad SMARTS) is 1. The first-order chi connectivity index (χ1) is 18.1. The number of ether oxygens (including phenoxy) is 1. The Labute approximate surface area is 215 Å². The zero-order valence-corrected chi connectivity index (χ0v) is 20.2. The summed E-state index contributed by atoms with van der Waals surface area (Å²) in [5.74, 6) is -1.04. The monoisotopic (exact) mass is 522 g/mol. The van der Waals surface area contributed by atoms with Crippen LogP contribution in [-0.4, -0.2) is 40.9 Å². The smallest absolute Gasteiger partial charge is 0.416 e. The van der Waals surface area contributed by atoms with Crippen LogP contribution in [0.2, 0.25) is 0 Å². The zero-order valence-electron chi connectivity index (χ0n) is 20.2. The van der Waals surface area contributed by atoms with Crippen LogP contribution in [0.4, 0.5) is 36.1 Å². The Kier molecular flexibility index (Phi) is 6.06. The molecule has 3 aromatic carbocycles. The number of alkyl halides is 3. The first-order valence-corrected chi connectivity index (χ1v) is 11.4.